The number of carbonyl (C=O) groups excluding carboxylic acids is 1. The van der Waals surface area contributed by atoms with Crippen LogP contribution in [0.1, 0.15) is 35.1 Å². The molecule has 0 fully saturated rings. The number of aromatic nitrogens is 3. The molecule has 0 amide bonds. The molecule has 0 spiro atoms. The molecule has 2 aromatic heterocycles. The van der Waals surface area contributed by atoms with Gasteiger partial charge >= 0.3 is 0 Å². The molecule has 3 aromatic rings. The van der Waals surface area contributed by atoms with E-state index in [2.05, 4.69) is 15.0 Å². The Morgan fingerprint density at radius 2 is 1.74 bits per heavy atom. The monoisotopic (exact) mass is 424 g/mol. The summed E-state index contributed by atoms with van der Waals surface area (Å²) in [5, 5.41) is 0. The molecule has 31 heavy (non-hydrogen) atoms. The van der Waals surface area contributed by atoms with Crippen LogP contribution >= 0.6 is 0 Å². The SMILES string of the molecule is CC1=C(c2cnc(CC(=O)c3c(F)cccc3F)cn2)CN(c2ncccc2F)CC1. The second kappa shape index (κ2) is 8.67. The minimum atomic E-state index is -0.903. The minimum Gasteiger partial charge on any atom is -0.349 e. The van der Waals surface area contributed by atoms with Gasteiger partial charge in [-0.3, -0.25) is 14.8 Å². The van der Waals surface area contributed by atoms with Gasteiger partial charge in [-0.2, -0.15) is 0 Å². The number of carbonyl (C=O) groups is 1. The first kappa shape index (κ1) is 20.7. The van der Waals surface area contributed by atoms with E-state index in [4.69, 9.17) is 0 Å². The molecule has 1 aromatic carbocycles. The molecular formula is C23H19F3N4O. The Labute approximate surface area is 177 Å². The zero-order valence-electron chi connectivity index (χ0n) is 16.8. The molecule has 1 aliphatic rings. The van der Waals surface area contributed by atoms with Gasteiger partial charge in [0.15, 0.2) is 17.4 Å². The summed E-state index contributed by atoms with van der Waals surface area (Å²) in [4.78, 5) is 27.0. The zero-order chi connectivity index (χ0) is 22.0. The summed E-state index contributed by atoms with van der Waals surface area (Å²) in [5.41, 5.74) is 2.35. The highest BCUT2D eigenvalue weighted by atomic mass is 19.1. The first-order chi connectivity index (χ1) is 14.9. The number of benzene rings is 1. The Balaban J connectivity index is 1.52. The Kier molecular flexibility index (Phi) is 5.79. The third-order valence-corrected chi connectivity index (χ3v) is 5.26. The number of pyridine rings is 1. The van der Waals surface area contributed by atoms with Gasteiger partial charge in [-0.05, 0) is 43.2 Å². The topological polar surface area (TPSA) is 59.0 Å². The average molecular weight is 424 g/mol. The van der Waals surface area contributed by atoms with Gasteiger partial charge in [-0.1, -0.05) is 11.6 Å². The summed E-state index contributed by atoms with van der Waals surface area (Å²) < 4.78 is 41.8. The first-order valence-corrected chi connectivity index (χ1v) is 9.76. The van der Waals surface area contributed by atoms with Crippen molar-refractivity contribution in [2.75, 3.05) is 18.0 Å². The van der Waals surface area contributed by atoms with E-state index < -0.39 is 23.0 Å². The smallest absolute Gasteiger partial charge is 0.174 e. The molecule has 3 heterocycles. The molecule has 5 nitrogen and oxygen atoms in total. The van der Waals surface area contributed by atoms with Gasteiger partial charge in [0.2, 0.25) is 0 Å². The van der Waals surface area contributed by atoms with Crippen LogP contribution in [0.4, 0.5) is 19.0 Å². The van der Waals surface area contributed by atoms with Crippen LogP contribution in [-0.4, -0.2) is 33.8 Å². The van der Waals surface area contributed by atoms with Gasteiger partial charge in [-0.25, -0.2) is 18.2 Å². The first-order valence-electron chi connectivity index (χ1n) is 9.76. The van der Waals surface area contributed by atoms with Crippen LogP contribution in [-0.2, 0) is 6.42 Å². The normalized spacial score (nSPS) is 14.1. The zero-order valence-corrected chi connectivity index (χ0v) is 16.8. The number of Topliss-reactive ketones (excluding diaryl/α,β-unsaturated/α-hetero) is 1. The van der Waals surface area contributed by atoms with Crippen LogP contribution in [0.15, 0.2) is 54.5 Å². The molecule has 0 saturated carbocycles. The summed E-state index contributed by atoms with van der Waals surface area (Å²) in [6.07, 6.45) is 4.95. The number of ketones is 1. The fourth-order valence-corrected chi connectivity index (χ4v) is 3.57. The van der Waals surface area contributed by atoms with Gasteiger partial charge in [-0.15, -0.1) is 0 Å². The number of hydrogen-bond donors (Lipinski definition) is 0. The maximum atomic E-state index is 14.1. The van der Waals surface area contributed by atoms with Gasteiger partial charge in [0.05, 0.1) is 29.6 Å². The lowest BCUT2D eigenvalue weighted by Crippen LogP contribution is -2.32. The second-order valence-corrected chi connectivity index (χ2v) is 7.33. The van der Waals surface area contributed by atoms with Crippen LogP contribution in [0.5, 0.6) is 0 Å². The van der Waals surface area contributed by atoms with Gasteiger partial charge in [0, 0.05) is 25.5 Å². The largest absolute Gasteiger partial charge is 0.349 e. The molecule has 0 bridgehead atoms. The standard InChI is InChI=1S/C23H19F3N4O/c1-14-7-9-30(23-19(26)6-3-8-27-23)13-16(14)20-12-28-15(11-29-20)10-21(31)22-17(24)4-2-5-18(22)25/h2-6,8,11-12H,7,9-10,13H2,1H3. The van der Waals surface area contributed by atoms with Crippen molar-refractivity contribution in [3.8, 4) is 0 Å². The van der Waals surface area contributed by atoms with Crippen molar-refractivity contribution >= 4 is 17.2 Å². The summed E-state index contributed by atoms with van der Waals surface area (Å²) in [6, 6.07) is 6.20. The summed E-state index contributed by atoms with van der Waals surface area (Å²) in [6.45, 7) is 3.05. The Hall–Kier alpha value is -3.55. The fraction of sp³-hybridized carbons (Fsp3) is 0.217. The predicted octanol–water partition coefficient (Wildman–Crippen LogP) is 4.40. The van der Waals surface area contributed by atoms with Crippen LogP contribution < -0.4 is 4.90 Å². The molecule has 1 aliphatic heterocycles. The molecule has 0 N–H and O–H groups in total. The van der Waals surface area contributed by atoms with Crippen molar-refractivity contribution in [3.05, 3.63) is 88.9 Å². The number of halogens is 3. The van der Waals surface area contributed by atoms with E-state index in [0.717, 1.165) is 29.7 Å². The Morgan fingerprint density at radius 3 is 2.42 bits per heavy atom. The quantitative estimate of drug-likeness (QED) is 0.569. The third kappa shape index (κ3) is 4.33. The average Bonchev–Trinajstić information content (AvgIpc) is 2.75. The van der Waals surface area contributed by atoms with Crippen molar-refractivity contribution < 1.29 is 18.0 Å². The molecule has 4 rings (SSSR count). The lowest BCUT2D eigenvalue weighted by molar-refractivity contribution is 0.0983. The summed E-state index contributed by atoms with van der Waals surface area (Å²) in [7, 11) is 0. The maximum Gasteiger partial charge on any atom is 0.174 e. The predicted molar refractivity (Wildman–Crippen MR) is 110 cm³/mol. The van der Waals surface area contributed by atoms with E-state index >= 15 is 0 Å². The number of hydrogen-bond acceptors (Lipinski definition) is 5. The Bertz CT molecular complexity index is 1140. The molecule has 0 radical (unpaired) electrons. The Morgan fingerprint density at radius 1 is 1.00 bits per heavy atom. The van der Waals surface area contributed by atoms with E-state index in [0.29, 0.717) is 24.5 Å². The van der Waals surface area contributed by atoms with E-state index in [9.17, 15) is 18.0 Å². The molecule has 0 aliphatic carbocycles. The molecular weight excluding hydrogens is 405 g/mol. The lowest BCUT2D eigenvalue weighted by atomic mass is 9.99. The fourth-order valence-electron chi connectivity index (χ4n) is 3.57. The summed E-state index contributed by atoms with van der Waals surface area (Å²) in [5.74, 6) is -2.61. The van der Waals surface area contributed by atoms with Gasteiger partial charge in [0.25, 0.3) is 0 Å². The van der Waals surface area contributed by atoms with Crippen molar-refractivity contribution in [2.24, 2.45) is 0 Å². The maximum absolute atomic E-state index is 14.1. The van der Waals surface area contributed by atoms with Crippen LogP contribution in [0, 0.1) is 17.5 Å². The minimum absolute atomic E-state index is 0.269. The molecule has 158 valence electrons. The molecule has 8 heteroatoms. The van der Waals surface area contributed by atoms with Crippen molar-refractivity contribution in [1.82, 2.24) is 15.0 Å². The van der Waals surface area contributed by atoms with Crippen LogP contribution in [0.25, 0.3) is 5.57 Å². The highest BCUT2D eigenvalue weighted by molar-refractivity contribution is 5.97. The van der Waals surface area contributed by atoms with E-state index in [1.807, 2.05) is 11.8 Å². The number of anilines is 1. The van der Waals surface area contributed by atoms with Crippen molar-refractivity contribution in [2.45, 2.75) is 19.8 Å². The van der Waals surface area contributed by atoms with Crippen molar-refractivity contribution in [3.63, 3.8) is 0 Å². The van der Waals surface area contributed by atoms with Crippen LogP contribution in [0.3, 0.4) is 0 Å². The molecule has 0 atom stereocenters. The second-order valence-electron chi connectivity index (χ2n) is 7.33. The molecule has 0 saturated heterocycles. The van der Waals surface area contributed by atoms with Gasteiger partial charge < -0.3 is 4.90 Å². The van der Waals surface area contributed by atoms with Gasteiger partial charge in [0.1, 0.15) is 11.6 Å². The summed E-state index contributed by atoms with van der Waals surface area (Å²) >= 11 is 0. The van der Waals surface area contributed by atoms with Crippen molar-refractivity contribution in [1.29, 1.82) is 0 Å². The van der Waals surface area contributed by atoms with Crippen LogP contribution in [0.2, 0.25) is 0 Å². The molecule has 0 unspecified atom stereocenters. The van der Waals surface area contributed by atoms with E-state index in [1.165, 1.54) is 24.5 Å². The highest BCUT2D eigenvalue weighted by Gasteiger charge is 2.23. The highest BCUT2D eigenvalue weighted by Crippen LogP contribution is 2.28. The number of rotatable bonds is 5. The third-order valence-electron chi connectivity index (χ3n) is 5.26. The lowest BCUT2D eigenvalue weighted by Gasteiger charge is -2.30. The number of nitrogens with zero attached hydrogens (tertiary/aromatic N) is 4. The van der Waals surface area contributed by atoms with E-state index in [-0.39, 0.29) is 18.1 Å². The van der Waals surface area contributed by atoms with E-state index in [1.54, 1.807) is 12.3 Å².